The fourth-order valence-corrected chi connectivity index (χ4v) is 4.03. The van der Waals surface area contributed by atoms with Crippen molar-refractivity contribution < 1.29 is 19.2 Å². The van der Waals surface area contributed by atoms with Crippen molar-refractivity contribution in [3.05, 3.63) is 75.3 Å². The predicted octanol–water partition coefficient (Wildman–Crippen LogP) is 4.19. The average Bonchev–Trinajstić information content (AvgIpc) is 3.52. The van der Waals surface area contributed by atoms with Crippen molar-refractivity contribution >= 4 is 28.7 Å². The lowest BCUT2D eigenvalue weighted by atomic mass is 10.1. The number of ether oxygens (including phenoxy) is 2. The van der Waals surface area contributed by atoms with Gasteiger partial charge in [0.1, 0.15) is 5.82 Å². The maximum atomic E-state index is 12.7. The summed E-state index contributed by atoms with van der Waals surface area (Å²) >= 11 is 1.36. The van der Waals surface area contributed by atoms with Gasteiger partial charge in [0, 0.05) is 34.7 Å². The number of non-ortho nitro benzene ring substituents is 1. The van der Waals surface area contributed by atoms with E-state index in [4.69, 9.17) is 9.47 Å². The van der Waals surface area contributed by atoms with E-state index < -0.39 is 10.8 Å². The van der Waals surface area contributed by atoms with Crippen molar-refractivity contribution in [3.63, 3.8) is 0 Å². The minimum absolute atomic E-state index is 0.157. The van der Waals surface area contributed by atoms with Crippen LogP contribution in [0, 0.1) is 17.0 Å². The van der Waals surface area contributed by atoms with Gasteiger partial charge in [0.15, 0.2) is 11.5 Å². The van der Waals surface area contributed by atoms with Gasteiger partial charge >= 0.3 is 0 Å². The maximum Gasteiger partial charge on any atom is 0.270 e. The lowest BCUT2D eigenvalue weighted by Gasteiger charge is -2.06. The topological polar surface area (TPSA) is 121 Å². The third-order valence-corrected chi connectivity index (χ3v) is 5.55. The Morgan fingerprint density at radius 3 is 2.88 bits per heavy atom. The van der Waals surface area contributed by atoms with E-state index in [1.807, 2.05) is 23.6 Å². The van der Waals surface area contributed by atoms with Gasteiger partial charge < -0.3 is 14.8 Å². The summed E-state index contributed by atoms with van der Waals surface area (Å²) in [6, 6.07) is 12.8. The van der Waals surface area contributed by atoms with Crippen LogP contribution in [0.2, 0.25) is 0 Å². The summed E-state index contributed by atoms with van der Waals surface area (Å²) in [6.07, 6.45) is 0. The van der Waals surface area contributed by atoms with Crippen LogP contribution in [0.3, 0.4) is 0 Å². The highest BCUT2D eigenvalue weighted by Crippen LogP contribution is 2.36. The van der Waals surface area contributed by atoms with Crippen LogP contribution in [-0.2, 0) is 0 Å². The van der Waals surface area contributed by atoms with Gasteiger partial charge in [-0.25, -0.2) is 4.98 Å². The van der Waals surface area contributed by atoms with Crippen molar-refractivity contribution in [2.45, 2.75) is 6.92 Å². The zero-order chi connectivity index (χ0) is 22.2. The summed E-state index contributed by atoms with van der Waals surface area (Å²) in [5.74, 6) is 1.28. The summed E-state index contributed by atoms with van der Waals surface area (Å²) in [5.41, 5.74) is 2.29. The largest absolute Gasteiger partial charge is 0.454 e. The highest BCUT2D eigenvalue weighted by Gasteiger charge is 2.18. The highest BCUT2D eigenvalue weighted by molar-refractivity contribution is 7.12. The molecule has 5 rings (SSSR count). The zero-order valence-corrected chi connectivity index (χ0v) is 17.5. The van der Waals surface area contributed by atoms with Gasteiger partial charge in [-0.2, -0.15) is 9.78 Å². The molecule has 2 aromatic carbocycles. The monoisotopic (exact) mass is 449 g/mol. The quantitative estimate of drug-likeness (QED) is 0.358. The maximum absolute atomic E-state index is 12.7. The first kappa shape index (κ1) is 19.7. The minimum Gasteiger partial charge on any atom is -0.454 e. The highest BCUT2D eigenvalue weighted by atomic mass is 32.1. The number of nitrogens with one attached hydrogen (secondary N) is 1. The normalized spacial score (nSPS) is 12.0. The van der Waals surface area contributed by atoms with E-state index in [2.05, 4.69) is 15.4 Å². The van der Waals surface area contributed by atoms with Crippen LogP contribution in [0.1, 0.15) is 16.1 Å². The molecule has 160 valence electrons. The Hall–Kier alpha value is -4.25. The molecule has 2 aromatic heterocycles. The number of thiazole rings is 1. The van der Waals surface area contributed by atoms with Crippen LogP contribution in [0.15, 0.2) is 53.9 Å². The Morgan fingerprint density at radius 2 is 2.03 bits per heavy atom. The molecule has 0 saturated carbocycles. The number of hydrogen-bond acceptors (Lipinski definition) is 8. The van der Waals surface area contributed by atoms with Gasteiger partial charge in [0.05, 0.1) is 16.3 Å². The zero-order valence-electron chi connectivity index (χ0n) is 16.6. The summed E-state index contributed by atoms with van der Waals surface area (Å²) in [7, 11) is 0. The van der Waals surface area contributed by atoms with Crippen molar-refractivity contribution in [1.29, 1.82) is 0 Å². The van der Waals surface area contributed by atoms with Crippen LogP contribution in [0.5, 0.6) is 11.5 Å². The lowest BCUT2D eigenvalue weighted by molar-refractivity contribution is -0.384. The van der Waals surface area contributed by atoms with Crippen molar-refractivity contribution in [2.75, 3.05) is 12.1 Å². The molecule has 1 amide bonds. The number of aromatic nitrogens is 3. The molecule has 0 aliphatic carbocycles. The number of amides is 1. The number of nitrogens with zero attached hydrogens (tertiary/aromatic N) is 4. The fourth-order valence-electron chi connectivity index (χ4n) is 3.23. The van der Waals surface area contributed by atoms with E-state index in [1.54, 1.807) is 13.0 Å². The number of nitro benzene ring substituents is 1. The molecular formula is C21H15N5O5S. The molecule has 0 unspecified atom stereocenters. The first-order valence-corrected chi connectivity index (χ1v) is 10.3. The van der Waals surface area contributed by atoms with Gasteiger partial charge in [0.25, 0.3) is 11.6 Å². The third kappa shape index (κ3) is 3.65. The van der Waals surface area contributed by atoms with Crippen molar-refractivity contribution in [1.82, 2.24) is 14.8 Å². The second-order valence-corrected chi connectivity index (χ2v) is 7.76. The SMILES string of the molecule is Cc1cc(NC(=O)c2cccc([N+](=O)[O-])c2)n(-c2nc(-c3ccc4c(c3)OCO4)cs2)n1. The molecule has 0 saturated heterocycles. The number of anilines is 1. The molecule has 10 nitrogen and oxygen atoms in total. The first-order valence-electron chi connectivity index (χ1n) is 9.46. The average molecular weight is 449 g/mol. The third-order valence-electron chi connectivity index (χ3n) is 4.73. The van der Waals surface area contributed by atoms with Gasteiger partial charge in [-0.15, -0.1) is 11.3 Å². The van der Waals surface area contributed by atoms with Crippen molar-refractivity contribution in [3.8, 4) is 27.9 Å². The molecule has 4 aromatic rings. The standard InChI is InChI=1S/C21H15N5O5S/c1-12-7-19(23-20(27)14-3-2-4-15(8-14)26(28)29)25(24-12)21-22-16(10-32-21)13-5-6-17-18(9-13)31-11-30-17/h2-10H,11H2,1H3,(H,23,27). The number of carbonyl (C=O) groups excluding carboxylic acids is 1. The van der Waals surface area contributed by atoms with E-state index >= 15 is 0 Å². The smallest absolute Gasteiger partial charge is 0.270 e. The molecule has 1 aliphatic heterocycles. The van der Waals surface area contributed by atoms with Crippen LogP contribution in [0.25, 0.3) is 16.4 Å². The van der Waals surface area contributed by atoms with Crippen molar-refractivity contribution in [2.24, 2.45) is 0 Å². The Kier molecular flexibility index (Phi) is 4.79. The summed E-state index contributed by atoms with van der Waals surface area (Å²) in [6.45, 7) is 1.99. The number of carbonyl (C=O) groups is 1. The lowest BCUT2D eigenvalue weighted by Crippen LogP contribution is -2.15. The Labute approximate surface area is 185 Å². The van der Waals surface area contributed by atoms with Crippen LogP contribution in [-0.4, -0.2) is 32.4 Å². The molecule has 0 atom stereocenters. The second-order valence-electron chi connectivity index (χ2n) is 6.93. The Bertz CT molecular complexity index is 1360. The number of fused-ring (bicyclic) bond motifs is 1. The summed E-state index contributed by atoms with van der Waals surface area (Å²) in [4.78, 5) is 27.8. The molecule has 1 aliphatic rings. The molecule has 0 spiro atoms. The van der Waals surface area contributed by atoms with E-state index in [-0.39, 0.29) is 18.0 Å². The molecular weight excluding hydrogens is 434 g/mol. The van der Waals surface area contributed by atoms with E-state index in [1.165, 1.54) is 40.3 Å². The Balaban J connectivity index is 1.42. The van der Waals surface area contributed by atoms with E-state index in [9.17, 15) is 14.9 Å². The van der Waals surface area contributed by atoms with Crippen LogP contribution < -0.4 is 14.8 Å². The van der Waals surface area contributed by atoms with Gasteiger partial charge in [-0.1, -0.05) is 6.07 Å². The summed E-state index contributed by atoms with van der Waals surface area (Å²) in [5, 5.41) is 20.6. The number of nitro groups is 1. The molecule has 0 bridgehead atoms. The number of aryl methyl sites for hydroxylation is 1. The second kappa shape index (κ2) is 7.78. The molecule has 0 radical (unpaired) electrons. The minimum atomic E-state index is -0.543. The molecule has 32 heavy (non-hydrogen) atoms. The summed E-state index contributed by atoms with van der Waals surface area (Å²) < 4.78 is 12.3. The van der Waals surface area contributed by atoms with Crippen LogP contribution in [0.4, 0.5) is 11.5 Å². The Morgan fingerprint density at radius 1 is 1.19 bits per heavy atom. The van der Waals surface area contributed by atoms with E-state index in [0.29, 0.717) is 28.1 Å². The van der Waals surface area contributed by atoms with Crippen LogP contribution >= 0.6 is 11.3 Å². The molecule has 3 heterocycles. The fraction of sp³-hybridized carbons (Fsp3) is 0.0952. The number of rotatable bonds is 5. The van der Waals surface area contributed by atoms with Gasteiger partial charge in [-0.05, 0) is 31.2 Å². The van der Waals surface area contributed by atoms with Gasteiger partial charge in [-0.3, -0.25) is 14.9 Å². The first-order chi connectivity index (χ1) is 15.5. The predicted molar refractivity (Wildman–Crippen MR) is 117 cm³/mol. The molecule has 0 fully saturated rings. The molecule has 1 N–H and O–H groups in total. The van der Waals surface area contributed by atoms with E-state index in [0.717, 1.165) is 11.3 Å². The number of benzene rings is 2. The number of hydrogen-bond donors (Lipinski definition) is 1. The molecule has 11 heteroatoms. The van der Waals surface area contributed by atoms with Gasteiger partial charge in [0.2, 0.25) is 11.9 Å².